The number of fused-ring (bicyclic) bond motifs is 1. The number of para-hydroxylation sites is 2. The lowest BCUT2D eigenvalue weighted by molar-refractivity contribution is 0.0666. The number of anilines is 1. The van der Waals surface area contributed by atoms with Crippen molar-refractivity contribution < 1.29 is 18.7 Å². The van der Waals surface area contributed by atoms with Crippen LogP contribution in [0.3, 0.4) is 0 Å². The first-order valence-corrected chi connectivity index (χ1v) is 11.4. The van der Waals surface area contributed by atoms with Gasteiger partial charge in [-0.3, -0.25) is 4.79 Å². The molecule has 1 amide bonds. The van der Waals surface area contributed by atoms with Crippen LogP contribution in [0.2, 0.25) is 0 Å². The van der Waals surface area contributed by atoms with Gasteiger partial charge >= 0.3 is 0 Å². The zero-order valence-corrected chi connectivity index (χ0v) is 19.3. The second-order valence-corrected chi connectivity index (χ2v) is 8.30. The molecule has 1 heterocycles. The van der Waals surface area contributed by atoms with Crippen LogP contribution in [-0.2, 0) is 13.2 Å². The summed E-state index contributed by atoms with van der Waals surface area (Å²) in [5.74, 6) is 0.328. The zero-order valence-electron chi connectivity index (χ0n) is 19.3. The van der Waals surface area contributed by atoms with Crippen LogP contribution in [-0.4, -0.2) is 17.9 Å². The Balaban J connectivity index is 1.50. The van der Waals surface area contributed by atoms with E-state index in [1.165, 1.54) is 6.07 Å². The fraction of sp³-hybridized carbons (Fsp3) is 0.138. The topological polar surface area (TPSA) is 50.8 Å². The minimum Gasteiger partial charge on any atom is -0.496 e. The summed E-state index contributed by atoms with van der Waals surface area (Å²) in [6.07, 6.45) is -0.407. The minimum absolute atomic E-state index is 0.0480. The van der Waals surface area contributed by atoms with E-state index in [1.807, 2.05) is 77.7 Å². The molecule has 0 fully saturated rings. The van der Waals surface area contributed by atoms with Gasteiger partial charge in [-0.25, -0.2) is 4.39 Å². The first-order valence-electron chi connectivity index (χ1n) is 11.4. The molecule has 0 unspecified atom stereocenters. The highest BCUT2D eigenvalue weighted by molar-refractivity contribution is 6.01. The van der Waals surface area contributed by atoms with Gasteiger partial charge in [-0.05, 0) is 47.5 Å². The second kappa shape index (κ2) is 9.89. The van der Waals surface area contributed by atoms with E-state index in [0.717, 1.165) is 22.4 Å². The molecule has 4 aromatic carbocycles. The van der Waals surface area contributed by atoms with Crippen molar-refractivity contribution in [3.05, 3.63) is 125 Å². The van der Waals surface area contributed by atoms with Crippen LogP contribution < -0.4 is 14.8 Å². The van der Waals surface area contributed by atoms with Gasteiger partial charge in [0.25, 0.3) is 5.91 Å². The van der Waals surface area contributed by atoms with Gasteiger partial charge in [-0.15, -0.1) is 0 Å². The number of carbonyl (C=O) groups excluding carboxylic acids is 1. The largest absolute Gasteiger partial charge is 0.496 e. The maximum Gasteiger partial charge on any atom is 0.258 e. The highest BCUT2D eigenvalue weighted by atomic mass is 19.1. The van der Waals surface area contributed by atoms with Crippen molar-refractivity contribution in [1.82, 2.24) is 4.90 Å². The van der Waals surface area contributed by atoms with Crippen molar-refractivity contribution >= 4 is 11.6 Å². The average molecular weight is 469 g/mol. The molecular formula is C29H25FN2O3. The van der Waals surface area contributed by atoms with Crippen molar-refractivity contribution in [2.24, 2.45) is 0 Å². The summed E-state index contributed by atoms with van der Waals surface area (Å²) in [6.45, 7) is 0.562. The lowest BCUT2D eigenvalue weighted by Crippen LogP contribution is -2.42. The fourth-order valence-electron chi connectivity index (χ4n) is 4.30. The summed E-state index contributed by atoms with van der Waals surface area (Å²) in [5, 5.41) is 3.53. The second-order valence-electron chi connectivity index (χ2n) is 8.30. The van der Waals surface area contributed by atoms with E-state index in [0.29, 0.717) is 17.9 Å². The number of carbonyl (C=O) groups is 1. The first kappa shape index (κ1) is 22.5. The molecule has 1 aliphatic heterocycles. The molecule has 0 saturated heterocycles. The molecule has 0 aromatic heterocycles. The minimum atomic E-state index is -0.423. The van der Waals surface area contributed by atoms with Gasteiger partial charge in [0.1, 0.15) is 18.5 Å². The quantitative estimate of drug-likeness (QED) is 0.352. The molecule has 0 aliphatic carbocycles. The van der Waals surface area contributed by atoms with Crippen molar-refractivity contribution in [3.63, 3.8) is 0 Å². The Morgan fingerprint density at radius 3 is 2.43 bits per heavy atom. The molecule has 6 heteroatoms. The molecule has 4 aromatic rings. The Morgan fingerprint density at radius 2 is 1.63 bits per heavy atom. The van der Waals surface area contributed by atoms with Gasteiger partial charge in [0.15, 0.2) is 11.6 Å². The van der Waals surface area contributed by atoms with Crippen molar-refractivity contribution in [2.45, 2.75) is 19.3 Å². The molecule has 176 valence electrons. The predicted octanol–water partition coefficient (Wildman–Crippen LogP) is 6.18. The zero-order chi connectivity index (χ0) is 24.2. The van der Waals surface area contributed by atoms with Crippen LogP contribution in [0.1, 0.15) is 33.2 Å². The van der Waals surface area contributed by atoms with E-state index in [2.05, 4.69) is 5.32 Å². The van der Waals surface area contributed by atoms with E-state index in [4.69, 9.17) is 9.47 Å². The fourth-order valence-corrected chi connectivity index (χ4v) is 4.30. The molecule has 1 N–H and O–H groups in total. The molecule has 0 radical (unpaired) electrons. The van der Waals surface area contributed by atoms with Crippen LogP contribution in [0.4, 0.5) is 10.1 Å². The number of nitrogens with one attached hydrogen (secondary N) is 1. The van der Waals surface area contributed by atoms with Gasteiger partial charge in [-0.2, -0.15) is 0 Å². The maximum atomic E-state index is 14.1. The Kier molecular flexibility index (Phi) is 6.35. The maximum absolute atomic E-state index is 14.1. The molecule has 1 atom stereocenters. The molecule has 0 spiro atoms. The summed E-state index contributed by atoms with van der Waals surface area (Å²) >= 11 is 0. The van der Waals surface area contributed by atoms with Crippen LogP contribution >= 0.6 is 0 Å². The number of halogens is 1. The van der Waals surface area contributed by atoms with Gasteiger partial charge in [-0.1, -0.05) is 60.7 Å². The Labute approximate surface area is 203 Å². The Bertz CT molecular complexity index is 1340. The van der Waals surface area contributed by atoms with Gasteiger partial charge < -0.3 is 19.7 Å². The summed E-state index contributed by atoms with van der Waals surface area (Å²) < 4.78 is 25.4. The molecule has 5 nitrogen and oxygen atoms in total. The third-order valence-electron chi connectivity index (χ3n) is 6.06. The molecule has 0 saturated carbocycles. The van der Waals surface area contributed by atoms with Crippen molar-refractivity contribution in [2.75, 3.05) is 12.4 Å². The van der Waals surface area contributed by atoms with E-state index in [9.17, 15) is 9.18 Å². The number of hydrogen-bond acceptors (Lipinski definition) is 4. The number of nitrogens with zero attached hydrogens (tertiary/aromatic N) is 1. The summed E-state index contributed by atoms with van der Waals surface area (Å²) in [5.41, 5.74) is 4.07. The van der Waals surface area contributed by atoms with Crippen LogP contribution in [0.25, 0.3) is 0 Å². The lowest BCUT2D eigenvalue weighted by atomic mass is 10.0. The highest BCUT2D eigenvalue weighted by Gasteiger charge is 2.33. The standard InChI is InChI=1S/C29H25FN2O3/c1-34-26-16-15-21(17-22(26)19-35-27-14-8-6-12-24(27)30)28-31-25-13-7-5-11-23(25)29(33)32(28)18-20-9-3-2-4-10-20/h2-17,28,31H,18-19H2,1H3/t28-/m1/s1. The third-order valence-corrected chi connectivity index (χ3v) is 6.06. The van der Waals surface area contributed by atoms with E-state index >= 15 is 0 Å². The van der Waals surface area contributed by atoms with Crippen molar-refractivity contribution in [3.8, 4) is 11.5 Å². The van der Waals surface area contributed by atoms with E-state index < -0.39 is 12.0 Å². The van der Waals surface area contributed by atoms with Crippen LogP contribution in [0, 0.1) is 5.82 Å². The van der Waals surface area contributed by atoms with Gasteiger partial charge in [0, 0.05) is 17.8 Å². The normalized spacial score (nSPS) is 14.7. The monoisotopic (exact) mass is 468 g/mol. The SMILES string of the molecule is COc1ccc([C@@H]2Nc3ccccc3C(=O)N2Cc2ccccc2)cc1COc1ccccc1F. The summed E-state index contributed by atoms with van der Waals surface area (Å²) in [4.78, 5) is 15.4. The third kappa shape index (κ3) is 4.68. The lowest BCUT2D eigenvalue weighted by Gasteiger charge is -2.38. The number of benzene rings is 4. The molecule has 1 aliphatic rings. The van der Waals surface area contributed by atoms with Gasteiger partial charge in [0.05, 0.1) is 12.7 Å². The molecule has 35 heavy (non-hydrogen) atoms. The smallest absolute Gasteiger partial charge is 0.258 e. The Morgan fingerprint density at radius 1 is 0.886 bits per heavy atom. The van der Waals surface area contributed by atoms with Crippen LogP contribution in [0.5, 0.6) is 11.5 Å². The van der Waals surface area contributed by atoms with E-state index in [1.54, 1.807) is 25.3 Å². The molecule has 0 bridgehead atoms. The van der Waals surface area contributed by atoms with Gasteiger partial charge in [0.2, 0.25) is 0 Å². The highest BCUT2D eigenvalue weighted by Crippen LogP contribution is 2.36. The van der Waals surface area contributed by atoms with Crippen LogP contribution in [0.15, 0.2) is 97.1 Å². The predicted molar refractivity (Wildman–Crippen MR) is 133 cm³/mol. The number of amides is 1. The molecule has 5 rings (SSSR count). The average Bonchev–Trinajstić information content (AvgIpc) is 2.90. The Hall–Kier alpha value is -4.32. The van der Waals surface area contributed by atoms with E-state index in [-0.39, 0.29) is 18.3 Å². The summed E-state index contributed by atoms with van der Waals surface area (Å²) in [6, 6.07) is 29.4. The summed E-state index contributed by atoms with van der Waals surface area (Å²) in [7, 11) is 1.59. The number of ether oxygens (including phenoxy) is 2. The number of methoxy groups -OCH3 is 1. The number of rotatable bonds is 7. The molecular weight excluding hydrogens is 443 g/mol. The number of hydrogen-bond donors (Lipinski definition) is 1. The first-order chi connectivity index (χ1) is 17.1. The van der Waals surface area contributed by atoms with Crippen molar-refractivity contribution in [1.29, 1.82) is 0 Å².